The molecule has 0 aliphatic carbocycles. The van der Waals surface area contributed by atoms with Gasteiger partial charge in [0.1, 0.15) is 5.76 Å². The summed E-state index contributed by atoms with van der Waals surface area (Å²) in [6.45, 7) is 8.82. The van der Waals surface area contributed by atoms with E-state index in [0.29, 0.717) is 6.61 Å². The predicted octanol–water partition coefficient (Wildman–Crippen LogP) is 3.06. The average Bonchev–Trinajstić information content (AvgIpc) is 2.70. The summed E-state index contributed by atoms with van der Waals surface area (Å²) in [5, 5.41) is 3.45. The molecule has 0 spiro atoms. The van der Waals surface area contributed by atoms with Gasteiger partial charge in [0.25, 0.3) is 0 Å². The fraction of sp³-hybridized carbons (Fsp3) is 0.692. The van der Waals surface area contributed by atoms with Crippen molar-refractivity contribution in [2.24, 2.45) is 0 Å². The van der Waals surface area contributed by atoms with Crippen LogP contribution in [-0.2, 0) is 4.74 Å². The molecule has 1 unspecified atom stereocenters. The molecule has 3 heteroatoms. The molecule has 0 aliphatic rings. The third kappa shape index (κ3) is 3.99. The largest absolute Gasteiger partial charge is 0.467 e. The molecule has 1 N–H and O–H groups in total. The van der Waals surface area contributed by atoms with Gasteiger partial charge in [0, 0.05) is 6.61 Å². The lowest BCUT2D eigenvalue weighted by Crippen LogP contribution is -2.26. The normalized spacial score (nSPS) is 12.9. The van der Waals surface area contributed by atoms with E-state index in [4.69, 9.17) is 9.15 Å². The molecule has 92 valence electrons. The summed E-state index contributed by atoms with van der Waals surface area (Å²) in [5.74, 6) is 1.00. The summed E-state index contributed by atoms with van der Waals surface area (Å²) in [5.41, 5.74) is 1.19. The summed E-state index contributed by atoms with van der Waals surface area (Å²) in [6, 6.07) is 2.18. The lowest BCUT2D eigenvalue weighted by Gasteiger charge is -2.17. The first-order chi connectivity index (χ1) is 7.79. The highest BCUT2D eigenvalue weighted by atomic mass is 16.5. The minimum absolute atomic E-state index is 0.182. The standard InChI is InChI=1S/C13H23NO2/c1-4-7-14-12(10-15-8-5-2)13-11(3)6-9-16-13/h6,9,12,14H,4-5,7-8,10H2,1-3H3. The SMILES string of the molecule is CCCNC(COCCC)c1occc1C. The number of furan rings is 1. The highest BCUT2D eigenvalue weighted by Crippen LogP contribution is 2.19. The van der Waals surface area contributed by atoms with Crippen LogP contribution in [0.25, 0.3) is 0 Å². The first kappa shape index (κ1) is 13.3. The zero-order valence-corrected chi connectivity index (χ0v) is 10.6. The minimum atomic E-state index is 0.182. The Labute approximate surface area is 98.2 Å². The van der Waals surface area contributed by atoms with Gasteiger partial charge in [-0.1, -0.05) is 13.8 Å². The second-order valence-electron chi connectivity index (χ2n) is 4.05. The van der Waals surface area contributed by atoms with Gasteiger partial charge < -0.3 is 14.5 Å². The maximum atomic E-state index is 5.60. The molecule has 0 saturated carbocycles. The van der Waals surface area contributed by atoms with Crippen molar-refractivity contribution in [3.63, 3.8) is 0 Å². The Kier molecular flexibility index (Phi) is 6.19. The van der Waals surface area contributed by atoms with E-state index < -0.39 is 0 Å². The quantitative estimate of drug-likeness (QED) is 0.690. The van der Waals surface area contributed by atoms with Crippen LogP contribution in [0.2, 0.25) is 0 Å². The summed E-state index contributed by atoms with van der Waals surface area (Å²) in [4.78, 5) is 0. The Hall–Kier alpha value is -0.800. The van der Waals surface area contributed by atoms with Crippen LogP contribution in [-0.4, -0.2) is 19.8 Å². The van der Waals surface area contributed by atoms with Gasteiger partial charge in [-0.3, -0.25) is 0 Å². The van der Waals surface area contributed by atoms with E-state index in [1.54, 1.807) is 6.26 Å². The van der Waals surface area contributed by atoms with Gasteiger partial charge in [-0.25, -0.2) is 0 Å². The molecule has 0 fully saturated rings. The van der Waals surface area contributed by atoms with Crippen LogP contribution >= 0.6 is 0 Å². The maximum Gasteiger partial charge on any atom is 0.125 e. The van der Waals surface area contributed by atoms with Crippen molar-refractivity contribution < 1.29 is 9.15 Å². The molecule has 0 aliphatic heterocycles. The van der Waals surface area contributed by atoms with Crippen LogP contribution < -0.4 is 5.32 Å². The zero-order chi connectivity index (χ0) is 11.8. The predicted molar refractivity (Wildman–Crippen MR) is 65.6 cm³/mol. The van der Waals surface area contributed by atoms with Crippen LogP contribution in [0.4, 0.5) is 0 Å². The van der Waals surface area contributed by atoms with E-state index in [9.17, 15) is 0 Å². The van der Waals surface area contributed by atoms with Gasteiger partial charge in [-0.15, -0.1) is 0 Å². The van der Waals surface area contributed by atoms with E-state index in [1.165, 1.54) is 5.56 Å². The molecular weight excluding hydrogens is 202 g/mol. The summed E-state index contributed by atoms with van der Waals surface area (Å²) >= 11 is 0. The topological polar surface area (TPSA) is 34.4 Å². The van der Waals surface area contributed by atoms with Crippen molar-refractivity contribution in [2.45, 2.75) is 39.7 Å². The molecule has 1 aromatic heterocycles. The fourth-order valence-electron chi connectivity index (χ4n) is 1.63. The van der Waals surface area contributed by atoms with Crippen molar-refractivity contribution in [1.82, 2.24) is 5.32 Å². The molecule has 0 radical (unpaired) electrons. The van der Waals surface area contributed by atoms with Crippen LogP contribution in [0.1, 0.15) is 44.1 Å². The molecular formula is C13H23NO2. The van der Waals surface area contributed by atoms with Crippen molar-refractivity contribution in [3.05, 3.63) is 23.7 Å². The molecule has 3 nitrogen and oxygen atoms in total. The van der Waals surface area contributed by atoms with Crippen molar-refractivity contribution in [2.75, 3.05) is 19.8 Å². The maximum absolute atomic E-state index is 5.60. The second kappa shape index (κ2) is 7.47. The minimum Gasteiger partial charge on any atom is -0.467 e. The highest BCUT2D eigenvalue weighted by molar-refractivity contribution is 5.18. The third-order valence-corrected chi connectivity index (χ3v) is 2.49. The number of rotatable bonds is 8. The monoisotopic (exact) mass is 225 g/mol. The Morgan fingerprint density at radius 1 is 1.38 bits per heavy atom. The number of hydrogen-bond acceptors (Lipinski definition) is 3. The molecule has 1 rings (SSSR count). The number of aryl methyl sites for hydroxylation is 1. The van der Waals surface area contributed by atoms with Gasteiger partial charge in [0.15, 0.2) is 0 Å². The first-order valence-electron chi connectivity index (χ1n) is 6.14. The number of nitrogens with one attached hydrogen (secondary N) is 1. The highest BCUT2D eigenvalue weighted by Gasteiger charge is 2.16. The molecule has 0 saturated heterocycles. The fourth-order valence-corrected chi connectivity index (χ4v) is 1.63. The molecule has 1 aromatic rings. The average molecular weight is 225 g/mol. The van der Waals surface area contributed by atoms with E-state index in [0.717, 1.165) is 31.8 Å². The van der Waals surface area contributed by atoms with Crippen molar-refractivity contribution in [3.8, 4) is 0 Å². The van der Waals surface area contributed by atoms with Crippen LogP contribution in [0.3, 0.4) is 0 Å². The van der Waals surface area contributed by atoms with Crippen LogP contribution in [0.15, 0.2) is 16.7 Å². The van der Waals surface area contributed by atoms with E-state index in [2.05, 4.69) is 26.1 Å². The second-order valence-corrected chi connectivity index (χ2v) is 4.05. The van der Waals surface area contributed by atoms with Gasteiger partial charge in [-0.05, 0) is 37.9 Å². The van der Waals surface area contributed by atoms with E-state index in [1.807, 2.05) is 6.07 Å². The molecule has 1 atom stereocenters. The van der Waals surface area contributed by atoms with E-state index in [-0.39, 0.29) is 6.04 Å². The number of ether oxygens (including phenoxy) is 1. The Balaban J connectivity index is 2.53. The molecule has 0 bridgehead atoms. The number of hydrogen-bond donors (Lipinski definition) is 1. The van der Waals surface area contributed by atoms with Gasteiger partial charge in [0.2, 0.25) is 0 Å². The van der Waals surface area contributed by atoms with E-state index >= 15 is 0 Å². The summed E-state index contributed by atoms with van der Waals surface area (Å²) < 4.78 is 11.1. The molecule has 16 heavy (non-hydrogen) atoms. The Bertz CT molecular complexity index is 283. The lowest BCUT2D eigenvalue weighted by molar-refractivity contribution is 0.105. The third-order valence-electron chi connectivity index (χ3n) is 2.49. The summed E-state index contributed by atoms with van der Waals surface area (Å²) in [7, 11) is 0. The zero-order valence-electron chi connectivity index (χ0n) is 10.6. The summed E-state index contributed by atoms with van der Waals surface area (Å²) in [6.07, 6.45) is 3.91. The lowest BCUT2D eigenvalue weighted by atomic mass is 10.1. The van der Waals surface area contributed by atoms with Crippen molar-refractivity contribution in [1.29, 1.82) is 0 Å². The van der Waals surface area contributed by atoms with Gasteiger partial charge in [-0.2, -0.15) is 0 Å². The van der Waals surface area contributed by atoms with Crippen molar-refractivity contribution >= 4 is 0 Å². The van der Waals surface area contributed by atoms with Crippen LogP contribution in [0.5, 0.6) is 0 Å². The first-order valence-corrected chi connectivity index (χ1v) is 6.14. The van der Waals surface area contributed by atoms with Crippen LogP contribution in [0, 0.1) is 6.92 Å². The Morgan fingerprint density at radius 3 is 2.75 bits per heavy atom. The van der Waals surface area contributed by atoms with Gasteiger partial charge >= 0.3 is 0 Å². The molecule has 0 amide bonds. The molecule has 0 aromatic carbocycles. The smallest absolute Gasteiger partial charge is 0.125 e. The molecule has 1 heterocycles. The Morgan fingerprint density at radius 2 is 2.19 bits per heavy atom. The van der Waals surface area contributed by atoms with Gasteiger partial charge in [0.05, 0.1) is 18.9 Å².